The number of anilines is 1. The largest absolute Gasteiger partial charge is 0.507 e. The molecule has 1 saturated heterocycles. The zero-order valence-electron chi connectivity index (χ0n) is 20.5. The molecule has 2 N–H and O–H groups in total. The first-order valence-corrected chi connectivity index (χ1v) is 11.4. The summed E-state index contributed by atoms with van der Waals surface area (Å²) in [5.74, 6) is -1.64. The Labute approximate surface area is 205 Å². The number of benzene rings is 3. The number of ketones is 1. The second-order valence-electron chi connectivity index (χ2n) is 9.68. The van der Waals surface area contributed by atoms with Gasteiger partial charge in [0.1, 0.15) is 17.3 Å². The fourth-order valence-corrected chi connectivity index (χ4v) is 4.42. The quantitative estimate of drug-likeness (QED) is 0.292. The molecule has 1 atom stereocenters. The van der Waals surface area contributed by atoms with Gasteiger partial charge in [0.05, 0.1) is 24.4 Å². The molecule has 1 aliphatic heterocycles. The summed E-state index contributed by atoms with van der Waals surface area (Å²) in [6.45, 7) is 8.03. The number of phenols is 1. The standard InChI is InChI=1S/C29H29NO5/c1-17-14-15-18(29(2,3)4)16-20(17)26(32)24-25(19-10-6-9-13-23(19)35-5)30(28(34)27(24)33)21-11-7-8-12-22(21)31/h6-16,25,31-32H,1-5H3/b26-24+. The van der Waals surface area contributed by atoms with Gasteiger partial charge in [-0.05, 0) is 47.7 Å². The predicted molar refractivity (Wildman–Crippen MR) is 136 cm³/mol. The molecule has 0 saturated carbocycles. The Morgan fingerprint density at radius 3 is 2.29 bits per heavy atom. The smallest absolute Gasteiger partial charge is 0.300 e. The van der Waals surface area contributed by atoms with Crippen LogP contribution in [0, 0.1) is 6.92 Å². The topological polar surface area (TPSA) is 87.1 Å². The van der Waals surface area contributed by atoms with E-state index in [9.17, 15) is 19.8 Å². The van der Waals surface area contributed by atoms with E-state index in [1.54, 1.807) is 42.5 Å². The molecule has 0 radical (unpaired) electrons. The maximum absolute atomic E-state index is 13.5. The third kappa shape index (κ3) is 4.16. The van der Waals surface area contributed by atoms with Crippen molar-refractivity contribution in [3.05, 3.63) is 94.6 Å². The van der Waals surface area contributed by atoms with Crippen LogP contribution in [0.25, 0.3) is 5.76 Å². The van der Waals surface area contributed by atoms with Crippen molar-refractivity contribution in [3.8, 4) is 11.5 Å². The van der Waals surface area contributed by atoms with Crippen molar-refractivity contribution >= 4 is 23.1 Å². The summed E-state index contributed by atoms with van der Waals surface area (Å²) >= 11 is 0. The first-order chi connectivity index (χ1) is 16.6. The summed E-state index contributed by atoms with van der Waals surface area (Å²) in [4.78, 5) is 28.1. The first kappa shape index (κ1) is 24.1. The van der Waals surface area contributed by atoms with Gasteiger partial charge in [0.2, 0.25) is 0 Å². The molecule has 35 heavy (non-hydrogen) atoms. The lowest BCUT2D eigenvalue weighted by molar-refractivity contribution is -0.132. The normalized spacial score (nSPS) is 17.6. The number of rotatable bonds is 4. The zero-order chi connectivity index (χ0) is 25.5. The molecule has 3 aromatic rings. The van der Waals surface area contributed by atoms with E-state index in [1.165, 1.54) is 18.1 Å². The molecule has 0 spiro atoms. The number of aliphatic hydroxyl groups excluding tert-OH is 1. The molecule has 3 aromatic carbocycles. The highest BCUT2D eigenvalue weighted by molar-refractivity contribution is 6.52. The van der Waals surface area contributed by atoms with Crippen LogP contribution in [0.3, 0.4) is 0 Å². The van der Waals surface area contributed by atoms with E-state index in [4.69, 9.17) is 4.74 Å². The highest BCUT2D eigenvalue weighted by Gasteiger charge is 2.48. The number of Topliss-reactive ketones (excluding diaryl/α,β-unsaturated/α-hetero) is 1. The number of hydrogen-bond donors (Lipinski definition) is 2. The predicted octanol–water partition coefficient (Wildman–Crippen LogP) is 5.63. The molecular formula is C29H29NO5. The minimum absolute atomic E-state index is 0.0584. The van der Waals surface area contributed by atoms with Crippen molar-refractivity contribution in [1.82, 2.24) is 0 Å². The number of aliphatic hydroxyl groups is 1. The number of para-hydroxylation sites is 3. The van der Waals surface area contributed by atoms with Crippen LogP contribution in [-0.4, -0.2) is 29.0 Å². The van der Waals surface area contributed by atoms with E-state index >= 15 is 0 Å². The van der Waals surface area contributed by atoms with Crippen LogP contribution in [-0.2, 0) is 15.0 Å². The van der Waals surface area contributed by atoms with Crippen LogP contribution in [0.15, 0.2) is 72.3 Å². The molecule has 6 nitrogen and oxygen atoms in total. The minimum Gasteiger partial charge on any atom is -0.507 e. The highest BCUT2D eigenvalue weighted by atomic mass is 16.5. The number of aryl methyl sites for hydroxylation is 1. The molecule has 1 fully saturated rings. The van der Waals surface area contributed by atoms with E-state index in [2.05, 4.69) is 20.8 Å². The van der Waals surface area contributed by atoms with Crippen molar-refractivity contribution in [1.29, 1.82) is 0 Å². The van der Waals surface area contributed by atoms with E-state index < -0.39 is 17.7 Å². The number of ether oxygens (including phenoxy) is 1. The fourth-order valence-electron chi connectivity index (χ4n) is 4.42. The van der Waals surface area contributed by atoms with Crippen LogP contribution >= 0.6 is 0 Å². The molecule has 6 heteroatoms. The van der Waals surface area contributed by atoms with Gasteiger partial charge in [0.15, 0.2) is 0 Å². The summed E-state index contributed by atoms with van der Waals surface area (Å²) in [6, 6.07) is 18.1. The van der Waals surface area contributed by atoms with E-state index in [1.807, 2.05) is 25.1 Å². The number of hydrogen-bond acceptors (Lipinski definition) is 5. The number of nitrogens with zero attached hydrogens (tertiary/aromatic N) is 1. The summed E-state index contributed by atoms with van der Waals surface area (Å²) in [5, 5.41) is 22.1. The monoisotopic (exact) mass is 471 g/mol. The second-order valence-corrected chi connectivity index (χ2v) is 9.68. The number of aromatic hydroxyl groups is 1. The number of carbonyl (C=O) groups is 2. The average Bonchev–Trinajstić information content (AvgIpc) is 3.08. The molecule has 1 aliphatic rings. The molecule has 0 aromatic heterocycles. The second kappa shape index (κ2) is 8.95. The van der Waals surface area contributed by atoms with Gasteiger partial charge in [-0.25, -0.2) is 0 Å². The van der Waals surface area contributed by atoms with Gasteiger partial charge in [-0.1, -0.05) is 63.2 Å². The van der Waals surface area contributed by atoms with Crippen molar-refractivity contribution < 1.29 is 24.5 Å². The van der Waals surface area contributed by atoms with Crippen LogP contribution in [0.5, 0.6) is 11.5 Å². The lowest BCUT2D eigenvalue weighted by atomic mass is 9.84. The maximum Gasteiger partial charge on any atom is 0.300 e. The summed E-state index contributed by atoms with van der Waals surface area (Å²) in [5.41, 5.74) is 2.67. The van der Waals surface area contributed by atoms with Crippen LogP contribution in [0.1, 0.15) is 49.1 Å². The minimum atomic E-state index is -1.00. The SMILES string of the molecule is COc1ccccc1C1/C(=C(\O)c2cc(C(C)(C)C)ccc2C)C(=O)C(=O)N1c1ccccc1O. The molecule has 0 bridgehead atoms. The molecular weight excluding hydrogens is 442 g/mol. The van der Waals surface area contributed by atoms with Crippen LogP contribution < -0.4 is 9.64 Å². The van der Waals surface area contributed by atoms with Crippen molar-refractivity contribution in [2.75, 3.05) is 12.0 Å². The van der Waals surface area contributed by atoms with E-state index in [-0.39, 0.29) is 28.2 Å². The summed E-state index contributed by atoms with van der Waals surface area (Å²) < 4.78 is 5.55. The van der Waals surface area contributed by atoms with Gasteiger partial charge in [-0.3, -0.25) is 14.5 Å². The number of carbonyl (C=O) groups excluding carboxylic acids is 2. The van der Waals surface area contributed by atoms with E-state index in [0.717, 1.165) is 11.1 Å². The third-order valence-electron chi connectivity index (χ3n) is 6.38. The van der Waals surface area contributed by atoms with E-state index in [0.29, 0.717) is 16.9 Å². The first-order valence-electron chi connectivity index (χ1n) is 11.4. The molecule has 1 unspecified atom stereocenters. The Hall–Kier alpha value is -4.06. The number of methoxy groups -OCH3 is 1. The Bertz CT molecular complexity index is 1350. The highest BCUT2D eigenvalue weighted by Crippen LogP contribution is 2.47. The van der Waals surface area contributed by atoms with Gasteiger partial charge in [-0.15, -0.1) is 0 Å². The van der Waals surface area contributed by atoms with Gasteiger partial charge >= 0.3 is 0 Å². The lowest BCUT2D eigenvalue weighted by Gasteiger charge is -2.27. The Balaban J connectivity index is 2.04. The van der Waals surface area contributed by atoms with Gasteiger partial charge < -0.3 is 14.9 Å². The molecule has 0 aliphatic carbocycles. The number of phenolic OH excluding ortho intramolecular Hbond substituents is 1. The van der Waals surface area contributed by atoms with Crippen LogP contribution in [0.2, 0.25) is 0 Å². The average molecular weight is 472 g/mol. The lowest BCUT2D eigenvalue weighted by Crippen LogP contribution is -2.29. The van der Waals surface area contributed by atoms with Gasteiger partial charge in [-0.2, -0.15) is 0 Å². The number of amides is 1. The Kier molecular flexibility index (Phi) is 6.15. The van der Waals surface area contributed by atoms with Crippen molar-refractivity contribution in [2.45, 2.75) is 39.2 Å². The summed E-state index contributed by atoms with van der Waals surface area (Å²) in [7, 11) is 1.50. The Morgan fingerprint density at radius 2 is 1.63 bits per heavy atom. The maximum atomic E-state index is 13.5. The van der Waals surface area contributed by atoms with Crippen molar-refractivity contribution in [3.63, 3.8) is 0 Å². The van der Waals surface area contributed by atoms with Gasteiger partial charge in [0, 0.05) is 11.1 Å². The zero-order valence-corrected chi connectivity index (χ0v) is 20.5. The van der Waals surface area contributed by atoms with Crippen LogP contribution in [0.4, 0.5) is 5.69 Å². The van der Waals surface area contributed by atoms with Crippen molar-refractivity contribution in [2.24, 2.45) is 0 Å². The third-order valence-corrected chi connectivity index (χ3v) is 6.38. The fraction of sp³-hybridized carbons (Fsp3) is 0.241. The summed E-state index contributed by atoms with van der Waals surface area (Å²) in [6.07, 6.45) is 0. The Morgan fingerprint density at radius 1 is 0.971 bits per heavy atom. The molecule has 180 valence electrons. The van der Waals surface area contributed by atoms with Gasteiger partial charge in [0.25, 0.3) is 11.7 Å². The molecule has 1 heterocycles. The molecule has 4 rings (SSSR count). The molecule has 1 amide bonds.